The van der Waals surface area contributed by atoms with E-state index in [1.165, 1.54) is 64.6 Å². The number of hydrogen-bond donors (Lipinski definition) is 1. The predicted octanol–water partition coefficient (Wildman–Crippen LogP) is 3.42. The zero-order valence-corrected chi connectivity index (χ0v) is 12.7. The monoisotopic (exact) mass is 252 g/mol. The molecular formula is C16H32N2. The Kier molecular flexibility index (Phi) is 5.08. The molecule has 1 N–H and O–H groups in total. The number of likely N-dealkylation sites (tertiary alicyclic amines) is 1. The van der Waals surface area contributed by atoms with Crippen molar-refractivity contribution in [2.75, 3.05) is 19.6 Å². The lowest BCUT2D eigenvalue weighted by molar-refractivity contribution is 0.101. The molecule has 18 heavy (non-hydrogen) atoms. The van der Waals surface area contributed by atoms with Crippen LogP contribution in [0.2, 0.25) is 0 Å². The molecule has 2 heterocycles. The van der Waals surface area contributed by atoms with Crippen molar-refractivity contribution in [2.24, 2.45) is 5.41 Å². The molecule has 0 bridgehead atoms. The van der Waals surface area contributed by atoms with E-state index in [1.807, 2.05) is 0 Å². The topological polar surface area (TPSA) is 15.3 Å². The first-order chi connectivity index (χ1) is 8.63. The first-order valence-corrected chi connectivity index (χ1v) is 8.11. The van der Waals surface area contributed by atoms with Gasteiger partial charge in [0.1, 0.15) is 0 Å². The molecule has 0 aromatic rings. The molecule has 0 spiro atoms. The molecule has 0 saturated carbocycles. The van der Waals surface area contributed by atoms with Crippen LogP contribution in [0.25, 0.3) is 0 Å². The maximum absolute atomic E-state index is 3.78. The van der Waals surface area contributed by atoms with Gasteiger partial charge in [-0.3, -0.25) is 4.90 Å². The Hall–Kier alpha value is -0.0800. The number of rotatable bonds is 3. The second-order valence-electron chi connectivity index (χ2n) is 7.01. The number of nitrogens with one attached hydrogen (secondary N) is 1. The molecule has 2 aliphatic heterocycles. The van der Waals surface area contributed by atoms with Gasteiger partial charge in [-0.2, -0.15) is 0 Å². The summed E-state index contributed by atoms with van der Waals surface area (Å²) in [7, 11) is 0. The molecule has 2 unspecified atom stereocenters. The van der Waals surface area contributed by atoms with Crippen molar-refractivity contribution in [3.05, 3.63) is 0 Å². The van der Waals surface area contributed by atoms with E-state index in [2.05, 4.69) is 31.0 Å². The van der Waals surface area contributed by atoms with Crippen LogP contribution in [0, 0.1) is 5.41 Å². The van der Waals surface area contributed by atoms with Crippen molar-refractivity contribution in [1.29, 1.82) is 0 Å². The molecule has 0 radical (unpaired) electrons. The molecule has 2 fully saturated rings. The van der Waals surface area contributed by atoms with E-state index in [4.69, 9.17) is 0 Å². The largest absolute Gasteiger partial charge is 0.312 e. The van der Waals surface area contributed by atoms with E-state index >= 15 is 0 Å². The molecule has 2 heteroatoms. The second-order valence-corrected chi connectivity index (χ2v) is 7.01. The third-order valence-electron chi connectivity index (χ3n) is 5.22. The summed E-state index contributed by atoms with van der Waals surface area (Å²) in [5.74, 6) is 0. The molecule has 106 valence electrons. The number of nitrogens with zero attached hydrogens (tertiary/aromatic N) is 1. The van der Waals surface area contributed by atoms with Gasteiger partial charge in [-0.1, -0.05) is 33.6 Å². The predicted molar refractivity (Wildman–Crippen MR) is 78.9 cm³/mol. The molecule has 0 aromatic heterocycles. The minimum Gasteiger partial charge on any atom is -0.312 e. The summed E-state index contributed by atoms with van der Waals surface area (Å²) >= 11 is 0. The van der Waals surface area contributed by atoms with Crippen molar-refractivity contribution in [2.45, 2.75) is 77.8 Å². The van der Waals surface area contributed by atoms with E-state index in [1.54, 1.807) is 0 Å². The number of piperidine rings is 1. The van der Waals surface area contributed by atoms with Gasteiger partial charge in [0.2, 0.25) is 0 Å². The average molecular weight is 252 g/mol. The Morgan fingerprint density at radius 3 is 2.72 bits per heavy atom. The third kappa shape index (κ3) is 3.48. The van der Waals surface area contributed by atoms with Gasteiger partial charge < -0.3 is 5.32 Å². The zero-order valence-electron chi connectivity index (χ0n) is 12.7. The minimum atomic E-state index is 0.475. The van der Waals surface area contributed by atoms with Gasteiger partial charge in [-0.05, 0) is 50.6 Å². The molecule has 2 rings (SSSR count). The van der Waals surface area contributed by atoms with Gasteiger partial charge in [0.05, 0.1) is 0 Å². The van der Waals surface area contributed by atoms with Crippen LogP contribution in [0.5, 0.6) is 0 Å². The highest BCUT2D eigenvalue weighted by Crippen LogP contribution is 2.31. The van der Waals surface area contributed by atoms with Gasteiger partial charge in [0.15, 0.2) is 0 Å². The standard InChI is InChI=1S/C16H32N2/c1-4-14-9-6-5-7-12-18(14)13-15-16(2,3)10-8-11-17-15/h14-15,17H,4-13H2,1-3H3. The van der Waals surface area contributed by atoms with E-state index in [0.29, 0.717) is 11.5 Å². The Labute approximate surface area is 114 Å². The average Bonchev–Trinajstić information content (AvgIpc) is 2.56. The smallest absolute Gasteiger partial charge is 0.0246 e. The van der Waals surface area contributed by atoms with Gasteiger partial charge >= 0.3 is 0 Å². The fourth-order valence-electron chi connectivity index (χ4n) is 3.76. The van der Waals surface area contributed by atoms with Crippen LogP contribution in [0.15, 0.2) is 0 Å². The second kappa shape index (κ2) is 6.38. The lowest BCUT2D eigenvalue weighted by Gasteiger charge is -2.43. The highest BCUT2D eigenvalue weighted by atomic mass is 15.2. The fourth-order valence-corrected chi connectivity index (χ4v) is 3.76. The summed E-state index contributed by atoms with van der Waals surface area (Å²) in [5, 5.41) is 3.78. The SMILES string of the molecule is CCC1CCCCCN1CC1NCCCC1(C)C. The summed E-state index contributed by atoms with van der Waals surface area (Å²) in [6.45, 7) is 11.1. The first kappa shape index (κ1) is 14.3. The van der Waals surface area contributed by atoms with Crippen LogP contribution in [-0.4, -0.2) is 36.6 Å². The first-order valence-electron chi connectivity index (χ1n) is 8.11. The zero-order chi connectivity index (χ0) is 13.0. The quantitative estimate of drug-likeness (QED) is 0.828. The van der Waals surface area contributed by atoms with Crippen LogP contribution in [0.3, 0.4) is 0 Å². The lowest BCUT2D eigenvalue weighted by atomic mass is 9.77. The Bertz CT molecular complexity index is 249. The molecule has 2 saturated heterocycles. The molecule has 0 aliphatic carbocycles. The van der Waals surface area contributed by atoms with Crippen molar-refractivity contribution in [3.8, 4) is 0 Å². The van der Waals surface area contributed by atoms with Crippen LogP contribution in [0.4, 0.5) is 0 Å². The van der Waals surface area contributed by atoms with Gasteiger partial charge in [0.25, 0.3) is 0 Å². The highest BCUT2D eigenvalue weighted by Gasteiger charge is 2.34. The Morgan fingerprint density at radius 1 is 1.17 bits per heavy atom. The van der Waals surface area contributed by atoms with E-state index in [-0.39, 0.29) is 0 Å². The van der Waals surface area contributed by atoms with Crippen LogP contribution in [-0.2, 0) is 0 Å². The van der Waals surface area contributed by atoms with E-state index in [0.717, 1.165) is 6.04 Å². The van der Waals surface area contributed by atoms with E-state index < -0.39 is 0 Å². The Morgan fingerprint density at radius 2 is 2.00 bits per heavy atom. The third-order valence-corrected chi connectivity index (χ3v) is 5.22. The molecular weight excluding hydrogens is 220 g/mol. The van der Waals surface area contributed by atoms with E-state index in [9.17, 15) is 0 Å². The molecule has 2 aliphatic rings. The van der Waals surface area contributed by atoms with Crippen molar-refractivity contribution < 1.29 is 0 Å². The summed E-state index contributed by atoms with van der Waals surface area (Å²) < 4.78 is 0. The molecule has 2 atom stereocenters. The Balaban J connectivity index is 1.96. The molecule has 0 amide bonds. The molecule has 2 nitrogen and oxygen atoms in total. The summed E-state index contributed by atoms with van der Waals surface area (Å²) in [6.07, 6.45) is 9.77. The summed E-state index contributed by atoms with van der Waals surface area (Å²) in [4.78, 5) is 2.79. The van der Waals surface area contributed by atoms with Crippen LogP contribution < -0.4 is 5.32 Å². The maximum atomic E-state index is 3.78. The molecule has 0 aromatic carbocycles. The van der Waals surface area contributed by atoms with Gasteiger partial charge in [-0.15, -0.1) is 0 Å². The van der Waals surface area contributed by atoms with Crippen LogP contribution >= 0.6 is 0 Å². The number of hydrogen-bond acceptors (Lipinski definition) is 2. The van der Waals surface area contributed by atoms with Gasteiger partial charge in [0, 0.05) is 18.6 Å². The van der Waals surface area contributed by atoms with Gasteiger partial charge in [-0.25, -0.2) is 0 Å². The van der Waals surface area contributed by atoms with Crippen molar-refractivity contribution in [3.63, 3.8) is 0 Å². The maximum Gasteiger partial charge on any atom is 0.0246 e. The highest BCUT2D eigenvalue weighted by molar-refractivity contribution is 4.91. The fraction of sp³-hybridized carbons (Fsp3) is 1.00. The van der Waals surface area contributed by atoms with Crippen LogP contribution in [0.1, 0.15) is 65.7 Å². The lowest BCUT2D eigenvalue weighted by Crippen LogP contribution is -2.54. The van der Waals surface area contributed by atoms with Crippen molar-refractivity contribution >= 4 is 0 Å². The summed E-state index contributed by atoms with van der Waals surface area (Å²) in [5.41, 5.74) is 0.475. The minimum absolute atomic E-state index is 0.475. The van der Waals surface area contributed by atoms with Crippen molar-refractivity contribution in [1.82, 2.24) is 10.2 Å². The normalized spacial score (nSPS) is 34.2. The summed E-state index contributed by atoms with van der Waals surface area (Å²) in [6, 6.07) is 1.53.